The fourth-order valence-electron chi connectivity index (χ4n) is 3.52. The van der Waals surface area contributed by atoms with Gasteiger partial charge in [-0.25, -0.2) is 0 Å². The summed E-state index contributed by atoms with van der Waals surface area (Å²) in [6, 6.07) is 25.2. The third kappa shape index (κ3) is 8.76. The van der Waals surface area contributed by atoms with Crippen molar-refractivity contribution in [1.82, 2.24) is 5.32 Å². The summed E-state index contributed by atoms with van der Waals surface area (Å²) >= 11 is 25.8. The molecule has 0 saturated carbocycles. The van der Waals surface area contributed by atoms with Crippen LogP contribution in [0.25, 0.3) is 6.08 Å². The maximum atomic E-state index is 13.4. The van der Waals surface area contributed by atoms with Crippen molar-refractivity contribution in [1.29, 1.82) is 0 Å². The minimum atomic E-state index is -0.593. The second-order valence-corrected chi connectivity index (χ2v) is 11.1. The van der Waals surface area contributed by atoms with Gasteiger partial charge in [0.15, 0.2) is 0 Å². The van der Waals surface area contributed by atoms with Crippen LogP contribution in [0.15, 0.2) is 102 Å². The number of anilines is 2. The van der Waals surface area contributed by atoms with Crippen molar-refractivity contribution >= 4 is 93.3 Å². The molecule has 0 radical (unpaired) electrons. The van der Waals surface area contributed by atoms with E-state index < -0.39 is 11.8 Å². The molecular formula is C30H21Cl4N3O3S. The lowest BCUT2D eigenvalue weighted by Gasteiger charge is -2.13. The highest BCUT2D eigenvalue weighted by molar-refractivity contribution is 8.00. The molecule has 0 aliphatic heterocycles. The summed E-state index contributed by atoms with van der Waals surface area (Å²) < 4.78 is 0. The maximum Gasteiger partial charge on any atom is 0.272 e. The predicted molar refractivity (Wildman–Crippen MR) is 169 cm³/mol. The van der Waals surface area contributed by atoms with Crippen molar-refractivity contribution in [3.05, 3.63) is 128 Å². The minimum absolute atomic E-state index is 0.0621. The van der Waals surface area contributed by atoms with Gasteiger partial charge < -0.3 is 16.0 Å². The molecule has 11 heteroatoms. The number of carbonyl (C=O) groups excluding carboxylic acids is 3. The second kappa shape index (κ2) is 14.4. The Balaban J connectivity index is 1.48. The number of amides is 3. The normalized spacial score (nSPS) is 11.1. The van der Waals surface area contributed by atoms with Crippen LogP contribution in [0.1, 0.15) is 15.9 Å². The average Bonchev–Trinajstić information content (AvgIpc) is 2.96. The highest BCUT2D eigenvalue weighted by atomic mass is 35.5. The van der Waals surface area contributed by atoms with Crippen molar-refractivity contribution in [2.45, 2.75) is 4.90 Å². The van der Waals surface area contributed by atoms with Crippen molar-refractivity contribution in [2.24, 2.45) is 0 Å². The van der Waals surface area contributed by atoms with Crippen LogP contribution in [-0.2, 0) is 9.59 Å². The Morgan fingerprint density at radius 1 is 0.683 bits per heavy atom. The molecule has 4 aromatic carbocycles. The zero-order valence-corrected chi connectivity index (χ0v) is 24.9. The number of thioether (sulfide) groups is 1. The van der Waals surface area contributed by atoms with Crippen LogP contribution in [0.3, 0.4) is 0 Å². The van der Waals surface area contributed by atoms with Gasteiger partial charge in [0.2, 0.25) is 5.91 Å². The van der Waals surface area contributed by atoms with E-state index in [-0.39, 0.29) is 17.4 Å². The number of halogens is 4. The Kier molecular flexibility index (Phi) is 10.7. The van der Waals surface area contributed by atoms with Gasteiger partial charge in [-0.3, -0.25) is 14.4 Å². The number of rotatable bonds is 9. The summed E-state index contributed by atoms with van der Waals surface area (Å²) in [4.78, 5) is 39.4. The maximum absolute atomic E-state index is 13.4. The molecule has 0 atom stereocenters. The molecule has 208 valence electrons. The molecule has 0 bridgehead atoms. The largest absolute Gasteiger partial charge is 0.325 e. The highest BCUT2D eigenvalue weighted by Gasteiger charge is 2.17. The van der Waals surface area contributed by atoms with Gasteiger partial charge in [0.25, 0.3) is 11.8 Å². The summed E-state index contributed by atoms with van der Waals surface area (Å²) in [6.45, 7) is 0. The molecule has 4 aromatic rings. The highest BCUT2D eigenvalue weighted by Crippen LogP contribution is 2.28. The standard InChI is InChI=1S/C30H21Cl4N3O3S/c31-23-10-5-11-24(32)22(23)16-27(37-29(39)18-6-2-1-3-7-18)30(40)36-19-8-4-9-21(14-19)41-17-28(38)35-20-12-13-25(33)26(34)15-20/h1-16H,17H2,(H,35,38)(H,36,40)(H,37,39)/b27-16+. The van der Waals surface area contributed by atoms with Gasteiger partial charge >= 0.3 is 0 Å². The van der Waals surface area contributed by atoms with Gasteiger partial charge in [-0.2, -0.15) is 0 Å². The number of hydrogen-bond donors (Lipinski definition) is 3. The molecule has 0 aliphatic carbocycles. The van der Waals surface area contributed by atoms with Crippen LogP contribution in [0.5, 0.6) is 0 Å². The Morgan fingerprint density at radius 3 is 2.07 bits per heavy atom. The van der Waals surface area contributed by atoms with Gasteiger partial charge in [0, 0.05) is 37.4 Å². The van der Waals surface area contributed by atoms with E-state index in [0.717, 1.165) is 4.90 Å². The average molecular weight is 645 g/mol. The summed E-state index contributed by atoms with van der Waals surface area (Å²) in [5, 5.41) is 9.57. The lowest BCUT2D eigenvalue weighted by atomic mass is 10.1. The van der Waals surface area contributed by atoms with E-state index in [1.54, 1.807) is 84.9 Å². The van der Waals surface area contributed by atoms with Crippen molar-refractivity contribution in [3.63, 3.8) is 0 Å². The fraction of sp³-hybridized carbons (Fsp3) is 0.0333. The van der Waals surface area contributed by atoms with Gasteiger partial charge in [0.1, 0.15) is 5.70 Å². The molecule has 6 nitrogen and oxygen atoms in total. The molecule has 0 heterocycles. The molecule has 0 aliphatic rings. The number of carbonyl (C=O) groups is 3. The molecule has 4 rings (SSSR count). The molecule has 0 saturated heterocycles. The van der Waals surface area contributed by atoms with Crippen LogP contribution >= 0.6 is 58.2 Å². The first-order valence-electron chi connectivity index (χ1n) is 12.0. The van der Waals surface area contributed by atoms with Crippen LogP contribution in [0.4, 0.5) is 11.4 Å². The monoisotopic (exact) mass is 643 g/mol. The minimum Gasteiger partial charge on any atom is -0.325 e. The lowest BCUT2D eigenvalue weighted by molar-refractivity contribution is -0.114. The smallest absolute Gasteiger partial charge is 0.272 e. The van der Waals surface area contributed by atoms with Crippen LogP contribution in [0, 0.1) is 0 Å². The Hall–Kier alpha value is -3.46. The molecule has 3 N–H and O–H groups in total. The Morgan fingerprint density at radius 2 is 1.37 bits per heavy atom. The Labute approximate surface area is 261 Å². The zero-order valence-electron chi connectivity index (χ0n) is 21.1. The molecule has 0 aromatic heterocycles. The topological polar surface area (TPSA) is 87.3 Å². The van der Waals surface area contributed by atoms with E-state index in [4.69, 9.17) is 46.4 Å². The molecule has 0 unspecified atom stereocenters. The molecule has 0 fully saturated rings. The van der Waals surface area contributed by atoms with Crippen molar-refractivity contribution in [2.75, 3.05) is 16.4 Å². The van der Waals surface area contributed by atoms with Gasteiger partial charge in [0.05, 0.1) is 15.8 Å². The third-order valence-electron chi connectivity index (χ3n) is 5.48. The SMILES string of the molecule is O=C(CSc1cccc(NC(=O)/C(=C\c2c(Cl)cccc2Cl)NC(=O)c2ccccc2)c1)Nc1ccc(Cl)c(Cl)c1. The first-order valence-corrected chi connectivity index (χ1v) is 14.5. The van der Waals surface area contributed by atoms with E-state index in [0.29, 0.717) is 42.6 Å². The predicted octanol–water partition coefficient (Wildman–Crippen LogP) is 8.44. The van der Waals surface area contributed by atoms with Gasteiger partial charge in [-0.05, 0) is 66.7 Å². The van der Waals surface area contributed by atoms with E-state index in [1.165, 1.54) is 17.8 Å². The molecule has 3 amide bonds. The van der Waals surface area contributed by atoms with Gasteiger partial charge in [-0.15, -0.1) is 11.8 Å². The Bertz CT molecular complexity index is 1610. The van der Waals surface area contributed by atoms with E-state index >= 15 is 0 Å². The third-order valence-corrected chi connectivity index (χ3v) is 7.87. The zero-order chi connectivity index (χ0) is 29.4. The number of hydrogen-bond acceptors (Lipinski definition) is 4. The van der Waals surface area contributed by atoms with Gasteiger partial charge in [-0.1, -0.05) is 76.7 Å². The lowest BCUT2D eigenvalue weighted by Crippen LogP contribution is -2.30. The molecule has 0 spiro atoms. The quantitative estimate of drug-likeness (QED) is 0.126. The first kappa shape index (κ1) is 30.5. The van der Waals surface area contributed by atoms with Crippen molar-refractivity contribution in [3.8, 4) is 0 Å². The fourth-order valence-corrected chi connectivity index (χ4v) is 5.08. The van der Waals surface area contributed by atoms with Crippen LogP contribution in [-0.4, -0.2) is 23.5 Å². The summed E-state index contributed by atoms with van der Waals surface area (Å²) in [6.07, 6.45) is 1.42. The van der Waals surface area contributed by atoms with Crippen LogP contribution in [0.2, 0.25) is 20.1 Å². The van der Waals surface area contributed by atoms with Crippen molar-refractivity contribution < 1.29 is 14.4 Å². The molecular weight excluding hydrogens is 624 g/mol. The van der Waals surface area contributed by atoms with E-state index in [1.807, 2.05) is 6.07 Å². The van der Waals surface area contributed by atoms with E-state index in [9.17, 15) is 14.4 Å². The summed E-state index contributed by atoms with van der Waals surface area (Å²) in [7, 11) is 0. The van der Waals surface area contributed by atoms with Crippen LogP contribution < -0.4 is 16.0 Å². The number of benzene rings is 4. The summed E-state index contributed by atoms with van der Waals surface area (Å²) in [5.41, 5.74) is 1.67. The number of nitrogens with one attached hydrogen (secondary N) is 3. The summed E-state index contributed by atoms with van der Waals surface area (Å²) in [5.74, 6) is -1.20. The molecule has 41 heavy (non-hydrogen) atoms. The van der Waals surface area contributed by atoms with E-state index in [2.05, 4.69) is 16.0 Å². The second-order valence-electron chi connectivity index (χ2n) is 8.46. The first-order chi connectivity index (χ1) is 19.7.